The number of hydrogen-bond donors (Lipinski definition) is 2. The molecule has 21 heavy (non-hydrogen) atoms. The van der Waals surface area contributed by atoms with E-state index in [1.165, 1.54) is 0 Å². The predicted molar refractivity (Wildman–Crippen MR) is 82.3 cm³/mol. The standard InChI is InChI=1S/C16H24N2O3/c1-13(17-12-16(19)10-4-5-11-16)8-9-14-6-2-3-7-15(14)18(20)21/h2-3,6-7,13,17,19H,4-5,8-12H2,1H3. The SMILES string of the molecule is CC(CCc1ccccc1[N+](=O)[O-])NCC1(O)CCCC1. The van der Waals surface area contributed by atoms with Gasteiger partial charge in [-0.15, -0.1) is 0 Å². The van der Waals surface area contributed by atoms with Crippen LogP contribution in [0.3, 0.4) is 0 Å². The Morgan fingerprint density at radius 1 is 1.38 bits per heavy atom. The van der Waals surface area contributed by atoms with Crippen LogP contribution in [0.5, 0.6) is 0 Å². The van der Waals surface area contributed by atoms with Crippen LogP contribution in [0.4, 0.5) is 5.69 Å². The third kappa shape index (κ3) is 4.51. The fraction of sp³-hybridized carbons (Fsp3) is 0.625. The highest BCUT2D eigenvalue weighted by Crippen LogP contribution is 2.28. The van der Waals surface area contributed by atoms with Crippen molar-refractivity contribution in [3.63, 3.8) is 0 Å². The Morgan fingerprint density at radius 3 is 2.71 bits per heavy atom. The van der Waals surface area contributed by atoms with E-state index in [0.717, 1.165) is 37.7 Å². The summed E-state index contributed by atoms with van der Waals surface area (Å²) in [6, 6.07) is 7.12. The second kappa shape index (κ2) is 7.00. The van der Waals surface area contributed by atoms with Gasteiger partial charge in [0.15, 0.2) is 0 Å². The van der Waals surface area contributed by atoms with Gasteiger partial charge >= 0.3 is 0 Å². The van der Waals surface area contributed by atoms with E-state index >= 15 is 0 Å². The van der Waals surface area contributed by atoms with Crippen molar-refractivity contribution in [3.05, 3.63) is 39.9 Å². The minimum absolute atomic E-state index is 0.194. The first-order valence-corrected chi connectivity index (χ1v) is 7.68. The number of aliphatic hydroxyl groups is 1. The Balaban J connectivity index is 1.81. The Bertz CT molecular complexity index is 484. The molecule has 1 fully saturated rings. The topological polar surface area (TPSA) is 75.4 Å². The molecule has 5 nitrogen and oxygen atoms in total. The lowest BCUT2D eigenvalue weighted by Gasteiger charge is -2.25. The fourth-order valence-corrected chi connectivity index (χ4v) is 2.95. The van der Waals surface area contributed by atoms with Crippen LogP contribution in [0.1, 0.15) is 44.6 Å². The maximum absolute atomic E-state index is 11.0. The lowest BCUT2D eigenvalue weighted by atomic mass is 10.0. The summed E-state index contributed by atoms with van der Waals surface area (Å²) in [6.07, 6.45) is 5.43. The van der Waals surface area contributed by atoms with Crippen molar-refractivity contribution in [1.82, 2.24) is 5.32 Å². The molecule has 1 unspecified atom stereocenters. The summed E-state index contributed by atoms with van der Waals surface area (Å²) >= 11 is 0. The van der Waals surface area contributed by atoms with Crippen molar-refractivity contribution in [2.24, 2.45) is 0 Å². The molecule has 1 saturated carbocycles. The van der Waals surface area contributed by atoms with Crippen LogP contribution >= 0.6 is 0 Å². The summed E-state index contributed by atoms with van der Waals surface area (Å²) in [4.78, 5) is 10.6. The molecule has 0 saturated heterocycles. The van der Waals surface area contributed by atoms with Gasteiger partial charge in [0.1, 0.15) is 0 Å². The molecule has 2 rings (SSSR count). The van der Waals surface area contributed by atoms with Crippen molar-refractivity contribution in [2.75, 3.05) is 6.54 Å². The predicted octanol–water partition coefficient (Wildman–Crippen LogP) is 2.81. The van der Waals surface area contributed by atoms with E-state index in [2.05, 4.69) is 12.2 Å². The van der Waals surface area contributed by atoms with Crippen LogP contribution in [0.2, 0.25) is 0 Å². The molecule has 0 spiro atoms. The molecule has 0 radical (unpaired) electrons. The first-order valence-electron chi connectivity index (χ1n) is 7.68. The second-order valence-electron chi connectivity index (χ2n) is 6.14. The van der Waals surface area contributed by atoms with Crippen molar-refractivity contribution in [3.8, 4) is 0 Å². The van der Waals surface area contributed by atoms with Gasteiger partial charge in [-0.2, -0.15) is 0 Å². The number of aryl methyl sites for hydroxylation is 1. The van der Waals surface area contributed by atoms with Crippen molar-refractivity contribution in [2.45, 2.75) is 57.1 Å². The van der Waals surface area contributed by atoms with E-state index < -0.39 is 5.60 Å². The summed E-state index contributed by atoms with van der Waals surface area (Å²) in [5.74, 6) is 0. The van der Waals surface area contributed by atoms with Gasteiger partial charge in [-0.1, -0.05) is 31.0 Å². The van der Waals surface area contributed by atoms with E-state index in [0.29, 0.717) is 13.0 Å². The van der Waals surface area contributed by atoms with Crippen LogP contribution in [0.25, 0.3) is 0 Å². The van der Waals surface area contributed by atoms with Gasteiger partial charge in [-0.25, -0.2) is 0 Å². The molecule has 1 aliphatic rings. The molecule has 0 aliphatic heterocycles. The molecular formula is C16H24N2O3. The Hall–Kier alpha value is -1.46. The third-order valence-electron chi connectivity index (χ3n) is 4.35. The first-order chi connectivity index (χ1) is 10.0. The zero-order chi connectivity index (χ0) is 15.3. The van der Waals surface area contributed by atoms with Gasteiger partial charge < -0.3 is 10.4 Å². The number of rotatable bonds is 7. The summed E-state index contributed by atoms with van der Waals surface area (Å²) < 4.78 is 0. The molecule has 2 N–H and O–H groups in total. The Labute approximate surface area is 125 Å². The molecule has 0 aromatic heterocycles. The zero-order valence-electron chi connectivity index (χ0n) is 12.5. The average molecular weight is 292 g/mol. The minimum Gasteiger partial charge on any atom is -0.389 e. The Morgan fingerprint density at radius 2 is 2.05 bits per heavy atom. The number of para-hydroxylation sites is 1. The molecule has 116 valence electrons. The molecule has 1 aliphatic carbocycles. The highest BCUT2D eigenvalue weighted by atomic mass is 16.6. The third-order valence-corrected chi connectivity index (χ3v) is 4.35. The maximum Gasteiger partial charge on any atom is 0.272 e. The minimum atomic E-state index is -0.549. The highest BCUT2D eigenvalue weighted by Gasteiger charge is 2.30. The lowest BCUT2D eigenvalue weighted by Crippen LogP contribution is -2.41. The summed E-state index contributed by atoms with van der Waals surface area (Å²) in [5, 5.41) is 24.6. The van der Waals surface area contributed by atoms with Gasteiger partial charge in [-0.05, 0) is 32.6 Å². The van der Waals surface area contributed by atoms with Crippen LogP contribution < -0.4 is 5.32 Å². The molecule has 1 aromatic rings. The normalized spacial score (nSPS) is 18.6. The summed E-state index contributed by atoms with van der Waals surface area (Å²) in [5.41, 5.74) is 0.419. The van der Waals surface area contributed by atoms with Crippen molar-refractivity contribution >= 4 is 5.69 Å². The van der Waals surface area contributed by atoms with Gasteiger partial charge in [0.05, 0.1) is 10.5 Å². The van der Waals surface area contributed by atoms with E-state index in [9.17, 15) is 15.2 Å². The zero-order valence-corrected chi connectivity index (χ0v) is 12.5. The number of nitro benzene ring substituents is 1. The fourth-order valence-electron chi connectivity index (χ4n) is 2.95. The molecule has 0 heterocycles. The monoisotopic (exact) mass is 292 g/mol. The van der Waals surface area contributed by atoms with E-state index in [1.54, 1.807) is 12.1 Å². The number of nitro groups is 1. The maximum atomic E-state index is 11.0. The largest absolute Gasteiger partial charge is 0.389 e. The number of benzene rings is 1. The van der Waals surface area contributed by atoms with Crippen LogP contribution in [0.15, 0.2) is 24.3 Å². The highest BCUT2D eigenvalue weighted by molar-refractivity contribution is 5.39. The van der Waals surface area contributed by atoms with E-state index in [-0.39, 0.29) is 16.7 Å². The van der Waals surface area contributed by atoms with Gasteiger partial charge in [0, 0.05) is 24.2 Å². The van der Waals surface area contributed by atoms with Crippen molar-refractivity contribution < 1.29 is 10.0 Å². The van der Waals surface area contributed by atoms with Crippen molar-refractivity contribution in [1.29, 1.82) is 0 Å². The molecular weight excluding hydrogens is 268 g/mol. The molecule has 0 bridgehead atoms. The van der Waals surface area contributed by atoms with Crippen LogP contribution in [0, 0.1) is 10.1 Å². The molecule has 0 amide bonds. The average Bonchev–Trinajstić information content (AvgIpc) is 2.90. The number of nitrogens with one attached hydrogen (secondary N) is 1. The van der Waals surface area contributed by atoms with Crippen LogP contribution in [-0.4, -0.2) is 28.2 Å². The van der Waals surface area contributed by atoms with E-state index in [4.69, 9.17) is 0 Å². The number of hydrogen-bond acceptors (Lipinski definition) is 4. The van der Waals surface area contributed by atoms with Gasteiger partial charge in [-0.3, -0.25) is 10.1 Å². The van der Waals surface area contributed by atoms with Gasteiger partial charge in [0.25, 0.3) is 5.69 Å². The van der Waals surface area contributed by atoms with Gasteiger partial charge in [0.2, 0.25) is 0 Å². The smallest absolute Gasteiger partial charge is 0.272 e. The van der Waals surface area contributed by atoms with Crippen LogP contribution in [-0.2, 0) is 6.42 Å². The quantitative estimate of drug-likeness (QED) is 0.598. The lowest BCUT2D eigenvalue weighted by molar-refractivity contribution is -0.385. The second-order valence-corrected chi connectivity index (χ2v) is 6.14. The molecule has 1 aromatic carbocycles. The molecule has 5 heteroatoms. The Kier molecular flexibility index (Phi) is 5.31. The number of nitrogens with zero attached hydrogens (tertiary/aromatic N) is 1. The van der Waals surface area contributed by atoms with E-state index in [1.807, 2.05) is 12.1 Å². The summed E-state index contributed by atoms with van der Waals surface area (Å²) in [6.45, 7) is 2.68. The summed E-state index contributed by atoms with van der Waals surface area (Å²) in [7, 11) is 0. The molecule has 1 atom stereocenters. The first kappa shape index (κ1) is 15.9.